The zero-order valence-electron chi connectivity index (χ0n) is 26.3. The molecule has 1 saturated carbocycles. The summed E-state index contributed by atoms with van der Waals surface area (Å²) in [7, 11) is 2.95. The van der Waals surface area contributed by atoms with E-state index >= 15 is 0 Å². The van der Waals surface area contributed by atoms with Crippen LogP contribution in [0.2, 0.25) is 0 Å². The minimum absolute atomic E-state index is 0.00962. The maximum absolute atomic E-state index is 14.4. The molecule has 0 spiro atoms. The number of nitrogens with zero attached hydrogens (tertiary/aromatic N) is 1. The molecule has 10 nitrogen and oxygen atoms in total. The third-order valence-electron chi connectivity index (χ3n) is 10.3. The highest BCUT2D eigenvalue weighted by molar-refractivity contribution is 6.24. The van der Waals surface area contributed by atoms with Gasteiger partial charge in [-0.05, 0) is 61.0 Å². The highest BCUT2D eigenvalue weighted by atomic mass is 16.4. The number of aromatic hydroxyl groups is 1. The molecule has 0 radical (unpaired) electrons. The Balaban J connectivity index is 1.53. The monoisotopic (exact) mass is 638 g/mol. The molecule has 3 aliphatic rings. The Bertz CT molecular complexity index is 1790. The van der Waals surface area contributed by atoms with Crippen LogP contribution in [0.3, 0.4) is 0 Å². The number of ketones is 2. The Labute approximate surface area is 272 Å². The Hall–Kier alpha value is -4.77. The van der Waals surface area contributed by atoms with Crippen LogP contribution in [0.1, 0.15) is 46.6 Å². The minimum atomic E-state index is -2.96. The summed E-state index contributed by atoms with van der Waals surface area (Å²) in [6, 6.07) is 21.7. The molecule has 1 fully saturated rings. The zero-order valence-corrected chi connectivity index (χ0v) is 26.3. The molecule has 3 aromatic carbocycles. The predicted molar refractivity (Wildman–Crippen MR) is 173 cm³/mol. The number of nitrogens with two attached hydrogens (primary N) is 1. The second-order valence-corrected chi connectivity index (χ2v) is 13.1. The summed E-state index contributed by atoms with van der Waals surface area (Å²) in [5, 5.41) is 58.7. The molecule has 244 valence electrons. The lowest BCUT2D eigenvalue weighted by molar-refractivity contribution is -0.169. The number of hydrogen-bond acceptors (Lipinski definition) is 9. The van der Waals surface area contributed by atoms with Crippen LogP contribution in [0.25, 0.3) is 5.76 Å². The third-order valence-corrected chi connectivity index (χ3v) is 10.3. The Morgan fingerprint density at radius 1 is 0.915 bits per heavy atom. The van der Waals surface area contributed by atoms with Gasteiger partial charge in [0.1, 0.15) is 22.8 Å². The molecular formula is C37H38N2O8. The predicted octanol–water partition coefficient (Wildman–Crippen LogP) is 3.06. The number of aliphatic hydroxyl groups excluding tert-OH is 3. The molecule has 0 heterocycles. The van der Waals surface area contributed by atoms with E-state index in [9.17, 15) is 39.9 Å². The first-order valence-corrected chi connectivity index (χ1v) is 15.6. The first kappa shape index (κ1) is 32.2. The van der Waals surface area contributed by atoms with Gasteiger partial charge in [-0.2, -0.15) is 0 Å². The summed E-state index contributed by atoms with van der Waals surface area (Å²) in [5.41, 5.74) is 4.17. The number of carbonyl (C=O) groups excluding carboxylic acids is 3. The van der Waals surface area contributed by atoms with Crippen molar-refractivity contribution in [3.8, 4) is 5.75 Å². The van der Waals surface area contributed by atoms with Crippen LogP contribution in [-0.2, 0) is 27.2 Å². The molecule has 3 aliphatic carbocycles. The molecule has 0 saturated heterocycles. The van der Waals surface area contributed by atoms with E-state index in [0.717, 1.165) is 11.1 Å². The summed E-state index contributed by atoms with van der Waals surface area (Å²) in [4.78, 5) is 41.4. The summed E-state index contributed by atoms with van der Waals surface area (Å²) in [6.07, 6.45) is -0.521. The Kier molecular flexibility index (Phi) is 8.07. The van der Waals surface area contributed by atoms with Gasteiger partial charge in [0.2, 0.25) is 5.78 Å². The van der Waals surface area contributed by atoms with E-state index in [1.54, 1.807) is 19.1 Å². The number of rotatable bonds is 7. The molecule has 7 N–H and O–H groups in total. The second kappa shape index (κ2) is 11.8. The van der Waals surface area contributed by atoms with Crippen molar-refractivity contribution in [2.45, 2.75) is 49.3 Å². The maximum atomic E-state index is 14.4. The number of amides is 1. The van der Waals surface area contributed by atoms with Gasteiger partial charge >= 0.3 is 0 Å². The minimum Gasteiger partial charge on any atom is -0.508 e. The van der Waals surface area contributed by atoms with Gasteiger partial charge in [-0.15, -0.1) is 0 Å². The number of fused-ring (bicyclic) bond motifs is 3. The molecule has 0 aromatic heterocycles. The van der Waals surface area contributed by atoms with Gasteiger partial charge in [0.15, 0.2) is 11.4 Å². The van der Waals surface area contributed by atoms with Crippen molar-refractivity contribution in [2.24, 2.45) is 17.6 Å². The first-order chi connectivity index (χ1) is 22.3. The zero-order chi connectivity index (χ0) is 33.9. The fourth-order valence-electron chi connectivity index (χ4n) is 8.05. The normalized spacial score (nSPS) is 27.2. The summed E-state index contributed by atoms with van der Waals surface area (Å²) < 4.78 is 0. The van der Waals surface area contributed by atoms with Gasteiger partial charge in [0, 0.05) is 11.5 Å². The molecule has 3 aromatic rings. The number of primary amides is 1. The van der Waals surface area contributed by atoms with Crippen molar-refractivity contribution in [1.82, 2.24) is 4.90 Å². The van der Waals surface area contributed by atoms with Crippen molar-refractivity contribution in [2.75, 3.05) is 14.1 Å². The molecule has 1 amide bonds. The van der Waals surface area contributed by atoms with E-state index in [2.05, 4.69) is 0 Å². The summed E-state index contributed by atoms with van der Waals surface area (Å²) in [5.74, 6) is -9.25. The van der Waals surface area contributed by atoms with Gasteiger partial charge < -0.3 is 31.3 Å². The van der Waals surface area contributed by atoms with Crippen LogP contribution in [-0.4, -0.2) is 79.7 Å². The van der Waals surface area contributed by atoms with Gasteiger partial charge in [0.25, 0.3) is 5.91 Å². The molecular weight excluding hydrogens is 600 g/mol. The van der Waals surface area contributed by atoms with Gasteiger partial charge in [-0.1, -0.05) is 79.7 Å². The van der Waals surface area contributed by atoms with Crippen molar-refractivity contribution in [3.05, 3.63) is 118 Å². The molecule has 6 atom stereocenters. The molecule has 0 unspecified atom stereocenters. The number of Topliss-reactive ketones (excluding diaryl/α,β-unsaturated/α-hetero) is 2. The Morgan fingerprint density at radius 3 is 1.98 bits per heavy atom. The number of phenolic OH excluding ortho intramolecular Hbond substituents is 1. The average Bonchev–Trinajstić information content (AvgIpc) is 3.03. The SMILES string of the molecule is C[C@@H]1c2ccc(C(Cc3ccccc3)Cc3ccccc3)c(O)c2C(O)=C2C(=O)[C@@]3(O)C(O)=C(C(N)=O)C(=O)[C@H](N(C)C)[C@H]3[C@H](O)[C@H]21. The highest BCUT2D eigenvalue weighted by Gasteiger charge is 2.68. The third kappa shape index (κ3) is 4.86. The van der Waals surface area contributed by atoms with Crippen molar-refractivity contribution in [3.63, 3.8) is 0 Å². The molecule has 47 heavy (non-hydrogen) atoms. The van der Waals surface area contributed by atoms with Crippen molar-refractivity contribution >= 4 is 23.2 Å². The fourth-order valence-corrected chi connectivity index (χ4v) is 8.05. The first-order valence-electron chi connectivity index (χ1n) is 15.6. The van der Waals surface area contributed by atoms with Crippen LogP contribution in [0.15, 0.2) is 89.7 Å². The smallest absolute Gasteiger partial charge is 0.255 e. The fraction of sp³-hybridized carbons (Fsp3) is 0.324. The number of hydrogen-bond donors (Lipinski definition) is 6. The average molecular weight is 639 g/mol. The van der Waals surface area contributed by atoms with Crippen LogP contribution in [0, 0.1) is 11.8 Å². The molecule has 0 aliphatic heterocycles. The van der Waals surface area contributed by atoms with Crippen LogP contribution < -0.4 is 5.73 Å². The standard InChI is InChI=1S/C37H38N2O8/c1-18-22-14-15-23(21(16-19-10-6-4-7-11-19)17-20-12-8-5-9-13-20)30(40)25(22)31(41)26-24(18)32(42)28-29(39(2)3)33(43)27(36(38)46)35(45)37(28,47)34(26)44/h4-15,18,21,24,28-29,32,40-42,45,47H,16-17H2,1-3H3,(H2,38,46)/t18-,24+,28+,29-,32-,37-/m1/s1. The topological polar surface area (TPSA) is 182 Å². The number of phenols is 1. The number of benzene rings is 3. The highest BCUT2D eigenvalue weighted by Crippen LogP contribution is 2.56. The molecule has 6 rings (SSSR count). The van der Waals surface area contributed by atoms with E-state index in [4.69, 9.17) is 5.73 Å². The van der Waals surface area contributed by atoms with E-state index in [1.807, 2.05) is 60.7 Å². The van der Waals surface area contributed by atoms with Gasteiger partial charge in [0.05, 0.1) is 23.6 Å². The van der Waals surface area contributed by atoms with E-state index in [-0.39, 0.29) is 17.2 Å². The van der Waals surface area contributed by atoms with E-state index in [1.165, 1.54) is 19.0 Å². The number of aliphatic hydroxyl groups is 4. The number of carbonyl (C=O) groups is 3. The van der Waals surface area contributed by atoms with Gasteiger partial charge in [-0.3, -0.25) is 19.3 Å². The largest absolute Gasteiger partial charge is 0.508 e. The molecule has 0 bridgehead atoms. The van der Waals surface area contributed by atoms with Crippen molar-refractivity contribution < 1.29 is 39.9 Å². The number of likely N-dealkylation sites (N-methyl/N-ethyl adjacent to an activating group) is 1. The second-order valence-electron chi connectivity index (χ2n) is 13.1. The van der Waals surface area contributed by atoms with E-state index < -0.39 is 75.6 Å². The molecule has 10 heteroatoms. The lowest BCUT2D eigenvalue weighted by Crippen LogP contribution is -2.70. The van der Waals surface area contributed by atoms with Gasteiger partial charge in [-0.25, -0.2) is 0 Å². The lowest BCUT2D eigenvalue weighted by atomic mass is 9.54. The maximum Gasteiger partial charge on any atom is 0.255 e. The lowest BCUT2D eigenvalue weighted by Gasteiger charge is -2.53. The van der Waals surface area contributed by atoms with E-state index in [0.29, 0.717) is 24.0 Å². The van der Waals surface area contributed by atoms with Crippen LogP contribution in [0.5, 0.6) is 5.75 Å². The Morgan fingerprint density at radius 2 is 1.47 bits per heavy atom. The van der Waals surface area contributed by atoms with Crippen LogP contribution >= 0.6 is 0 Å². The van der Waals surface area contributed by atoms with Crippen molar-refractivity contribution in [1.29, 1.82) is 0 Å². The summed E-state index contributed by atoms with van der Waals surface area (Å²) >= 11 is 0. The quantitative estimate of drug-likeness (QED) is 0.212. The van der Waals surface area contributed by atoms with Crippen LogP contribution in [0.4, 0.5) is 0 Å². The summed E-state index contributed by atoms with van der Waals surface area (Å²) in [6.45, 7) is 1.72.